The highest BCUT2D eigenvalue weighted by Crippen LogP contribution is 2.27. The van der Waals surface area contributed by atoms with E-state index in [0.717, 1.165) is 30.9 Å². The van der Waals surface area contributed by atoms with Gasteiger partial charge >= 0.3 is 0 Å². The molecule has 1 aromatic heterocycles. The van der Waals surface area contributed by atoms with Gasteiger partial charge in [0.25, 0.3) is 0 Å². The molecule has 0 atom stereocenters. The van der Waals surface area contributed by atoms with Crippen LogP contribution in [0.15, 0.2) is 62.9 Å². The average Bonchev–Trinajstić information content (AvgIpc) is 3.00. The first-order valence-electron chi connectivity index (χ1n) is 6.86. The monoisotopic (exact) mass is 450 g/mol. The number of benzene rings is 2. The summed E-state index contributed by atoms with van der Waals surface area (Å²) in [5, 5.41) is 5.75. The van der Waals surface area contributed by atoms with Crippen LogP contribution in [0.4, 0.5) is 5.69 Å². The number of carbonyl (C=O) groups is 1. The fourth-order valence-corrected chi connectivity index (χ4v) is 3.59. The van der Waals surface area contributed by atoms with Crippen molar-refractivity contribution in [2.24, 2.45) is 0 Å². The first kappa shape index (κ1) is 16.4. The molecule has 0 fully saturated rings. The summed E-state index contributed by atoms with van der Waals surface area (Å²) >= 11 is 8.38. The molecule has 0 aliphatic carbocycles. The summed E-state index contributed by atoms with van der Waals surface area (Å²) in [6, 6.07) is 15.6. The summed E-state index contributed by atoms with van der Waals surface area (Å²) in [7, 11) is 0. The Kier molecular flexibility index (Phi) is 5.25. The highest BCUT2D eigenvalue weighted by atomic mass is 79.9. The number of anilines is 1. The Morgan fingerprint density at radius 2 is 1.91 bits per heavy atom. The van der Waals surface area contributed by atoms with Crippen LogP contribution in [0, 0.1) is 0 Å². The standard InChI is InChI=1S/C17H12Br2N2OS/c18-12-6-7-14(19)15(8-12)21-16(22)9-13-10-23-17(20-13)11-4-2-1-3-5-11/h1-8,10H,9H2,(H,21,22). The zero-order valence-electron chi connectivity index (χ0n) is 11.9. The minimum atomic E-state index is -0.0892. The van der Waals surface area contributed by atoms with Gasteiger partial charge in [-0.1, -0.05) is 46.3 Å². The molecule has 0 saturated heterocycles. The lowest BCUT2D eigenvalue weighted by Gasteiger charge is -2.07. The number of hydrogen-bond donors (Lipinski definition) is 1. The Balaban J connectivity index is 1.69. The first-order valence-corrected chi connectivity index (χ1v) is 9.33. The molecule has 1 heterocycles. The zero-order chi connectivity index (χ0) is 16.2. The minimum Gasteiger partial charge on any atom is -0.325 e. The third-order valence-corrected chi connectivity index (χ3v) is 5.24. The smallest absolute Gasteiger partial charge is 0.230 e. The van der Waals surface area contributed by atoms with Gasteiger partial charge in [-0.3, -0.25) is 4.79 Å². The van der Waals surface area contributed by atoms with Crippen molar-refractivity contribution in [1.82, 2.24) is 4.98 Å². The second-order valence-electron chi connectivity index (χ2n) is 4.86. The van der Waals surface area contributed by atoms with Gasteiger partial charge in [-0.15, -0.1) is 11.3 Å². The van der Waals surface area contributed by atoms with Gasteiger partial charge in [0.05, 0.1) is 17.8 Å². The molecule has 1 N–H and O–H groups in total. The van der Waals surface area contributed by atoms with Gasteiger partial charge < -0.3 is 5.32 Å². The van der Waals surface area contributed by atoms with E-state index in [1.165, 1.54) is 0 Å². The van der Waals surface area contributed by atoms with Crippen LogP contribution in [-0.4, -0.2) is 10.9 Å². The summed E-state index contributed by atoms with van der Waals surface area (Å²) in [4.78, 5) is 16.7. The number of amides is 1. The van der Waals surface area contributed by atoms with E-state index in [-0.39, 0.29) is 12.3 Å². The summed E-state index contributed by atoms with van der Waals surface area (Å²) < 4.78 is 1.76. The van der Waals surface area contributed by atoms with Crippen molar-refractivity contribution in [2.45, 2.75) is 6.42 Å². The molecule has 116 valence electrons. The molecule has 3 rings (SSSR count). The van der Waals surface area contributed by atoms with E-state index in [2.05, 4.69) is 42.2 Å². The largest absolute Gasteiger partial charge is 0.325 e. The second-order valence-corrected chi connectivity index (χ2v) is 7.49. The van der Waals surface area contributed by atoms with Crippen LogP contribution in [0.25, 0.3) is 10.6 Å². The van der Waals surface area contributed by atoms with Crippen molar-refractivity contribution in [3.05, 3.63) is 68.6 Å². The molecular formula is C17H12Br2N2OS. The van der Waals surface area contributed by atoms with Gasteiger partial charge in [-0.2, -0.15) is 0 Å². The lowest BCUT2D eigenvalue weighted by Crippen LogP contribution is -2.15. The molecule has 3 nitrogen and oxygen atoms in total. The Morgan fingerprint density at radius 1 is 1.13 bits per heavy atom. The second kappa shape index (κ2) is 7.38. The summed E-state index contributed by atoms with van der Waals surface area (Å²) in [6.45, 7) is 0. The van der Waals surface area contributed by atoms with Crippen molar-refractivity contribution in [3.8, 4) is 10.6 Å². The van der Waals surface area contributed by atoms with E-state index in [9.17, 15) is 4.79 Å². The van der Waals surface area contributed by atoms with Crippen molar-refractivity contribution < 1.29 is 4.79 Å². The number of thiazole rings is 1. The molecule has 3 aromatic rings. The van der Waals surface area contributed by atoms with Crippen LogP contribution in [0.1, 0.15) is 5.69 Å². The van der Waals surface area contributed by atoms with Gasteiger partial charge in [0.1, 0.15) is 5.01 Å². The molecule has 0 spiro atoms. The lowest BCUT2D eigenvalue weighted by atomic mass is 10.2. The molecule has 0 aliphatic rings. The Labute approximate surface area is 155 Å². The van der Waals surface area contributed by atoms with Crippen LogP contribution in [0.3, 0.4) is 0 Å². The van der Waals surface area contributed by atoms with Crippen molar-refractivity contribution >= 4 is 54.8 Å². The predicted molar refractivity (Wildman–Crippen MR) is 102 cm³/mol. The SMILES string of the molecule is O=C(Cc1csc(-c2ccccc2)n1)Nc1cc(Br)ccc1Br. The van der Waals surface area contributed by atoms with E-state index in [0.29, 0.717) is 0 Å². The van der Waals surface area contributed by atoms with Crippen molar-refractivity contribution in [2.75, 3.05) is 5.32 Å². The fraction of sp³-hybridized carbons (Fsp3) is 0.0588. The molecule has 0 bridgehead atoms. The molecular weight excluding hydrogens is 440 g/mol. The predicted octanol–water partition coefficient (Wildman–Crippen LogP) is 5.52. The molecule has 2 aromatic carbocycles. The van der Waals surface area contributed by atoms with Crippen LogP contribution in [0.2, 0.25) is 0 Å². The first-order chi connectivity index (χ1) is 11.1. The maximum absolute atomic E-state index is 12.2. The summed E-state index contributed by atoms with van der Waals surface area (Å²) in [6.07, 6.45) is 0.252. The van der Waals surface area contributed by atoms with Gasteiger partial charge in [-0.05, 0) is 34.1 Å². The summed E-state index contributed by atoms with van der Waals surface area (Å²) in [5.41, 5.74) is 2.58. The molecule has 0 unspecified atom stereocenters. The third kappa shape index (κ3) is 4.28. The Bertz CT molecular complexity index is 834. The number of halogens is 2. The Hall–Kier alpha value is -1.50. The average molecular weight is 452 g/mol. The maximum Gasteiger partial charge on any atom is 0.230 e. The number of nitrogens with zero attached hydrogens (tertiary/aromatic N) is 1. The molecule has 0 saturated carbocycles. The maximum atomic E-state index is 12.2. The van der Waals surface area contributed by atoms with Gasteiger partial charge in [0.15, 0.2) is 0 Å². The number of nitrogens with one attached hydrogen (secondary N) is 1. The number of hydrogen-bond acceptors (Lipinski definition) is 3. The molecule has 23 heavy (non-hydrogen) atoms. The normalized spacial score (nSPS) is 10.5. The third-order valence-electron chi connectivity index (χ3n) is 3.12. The van der Waals surface area contributed by atoms with Crippen LogP contribution >= 0.6 is 43.2 Å². The highest BCUT2D eigenvalue weighted by Gasteiger charge is 2.11. The lowest BCUT2D eigenvalue weighted by molar-refractivity contribution is -0.115. The van der Waals surface area contributed by atoms with E-state index < -0.39 is 0 Å². The van der Waals surface area contributed by atoms with Gasteiger partial charge in [-0.25, -0.2) is 4.98 Å². The molecule has 0 radical (unpaired) electrons. The van der Waals surface area contributed by atoms with Crippen LogP contribution in [0.5, 0.6) is 0 Å². The number of carbonyl (C=O) groups excluding carboxylic acids is 1. The quantitative estimate of drug-likeness (QED) is 0.567. The van der Waals surface area contributed by atoms with Crippen molar-refractivity contribution in [3.63, 3.8) is 0 Å². The number of rotatable bonds is 4. The summed E-state index contributed by atoms with van der Waals surface area (Å²) in [5.74, 6) is -0.0892. The highest BCUT2D eigenvalue weighted by molar-refractivity contribution is 9.11. The van der Waals surface area contributed by atoms with E-state index in [1.807, 2.05) is 53.9 Å². The van der Waals surface area contributed by atoms with Gasteiger partial charge in [0.2, 0.25) is 5.91 Å². The van der Waals surface area contributed by atoms with E-state index in [4.69, 9.17) is 0 Å². The zero-order valence-corrected chi connectivity index (χ0v) is 15.9. The Morgan fingerprint density at radius 3 is 2.70 bits per heavy atom. The number of aromatic nitrogens is 1. The topological polar surface area (TPSA) is 42.0 Å². The van der Waals surface area contributed by atoms with E-state index >= 15 is 0 Å². The molecule has 6 heteroatoms. The van der Waals surface area contributed by atoms with E-state index in [1.54, 1.807) is 11.3 Å². The van der Waals surface area contributed by atoms with Gasteiger partial charge in [0, 0.05) is 19.9 Å². The molecule has 0 aliphatic heterocycles. The fourth-order valence-electron chi connectivity index (χ4n) is 2.05. The van der Waals surface area contributed by atoms with Crippen molar-refractivity contribution in [1.29, 1.82) is 0 Å². The van der Waals surface area contributed by atoms with Crippen LogP contribution in [-0.2, 0) is 11.2 Å². The minimum absolute atomic E-state index is 0.0892. The van der Waals surface area contributed by atoms with Crippen LogP contribution < -0.4 is 5.32 Å². The molecule has 1 amide bonds.